The Morgan fingerprint density at radius 2 is 1.03 bits per heavy atom. The summed E-state index contributed by atoms with van der Waals surface area (Å²) in [6, 6.07) is 22.8. The molecule has 3 rings (SSSR count). The fourth-order valence-corrected chi connectivity index (χ4v) is 3.93. The van der Waals surface area contributed by atoms with Crippen molar-refractivity contribution in [3.8, 4) is 0 Å². The lowest BCUT2D eigenvalue weighted by Gasteiger charge is -2.26. The molecule has 3 aromatic carbocycles. The van der Waals surface area contributed by atoms with Crippen LogP contribution in [0.15, 0.2) is 97.1 Å². The highest BCUT2D eigenvalue weighted by Gasteiger charge is 2.13. The molecule has 0 radical (unpaired) electrons. The first-order valence-corrected chi connectivity index (χ1v) is 12.8. The maximum absolute atomic E-state index is 13.7. The van der Waals surface area contributed by atoms with Crippen molar-refractivity contribution in [2.24, 2.45) is 0 Å². The van der Waals surface area contributed by atoms with Crippen LogP contribution < -0.4 is 4.90 Å². The van der Waals surface area contributed by atoms with Gasteiger partial charge in [0.05, 0.1) is 13.2 Å². The van der Waals surface area contributed by atoms with E-state index in [1.807, 2.05) is 24.3 Å². The number of hydrogen-bond donors (Lipinski definition) is 0. The van der Waals surface area contributed by atoms with Crippen LogP contribution in [0.1, 0.15) is 37.8 Å². The quantitative estimate of drug-likeness (QED) is 0.135. The van der Waals surface area contributed by atoms with Crippen molar-refractivity contribution in [3.05, 3.63) is 114 Å². The summed E-state index contributed by atoms with van der Waals surface area (Å²) in [7, 11) is 0. The molecule has 198 valence electrons. The number of allylic oxidation sites excluding steroid dienone is 2. The van der Waals surface area contributed by atoms with Crippen molar-refractivity contribution >= 4 is 29.0 Å². The number of esters is 2. The lowest BCUT2D eigenvalue weighted by atomic mass is 10.1. The summed E-state index contributed by atoms with van der Waals surface area (Å²) in [5, 5.41) is 0. The van der Waals surface area contributed by atoms with Gasteiger partial charge in [0.2, 0.25) is 0 Å². The Balaban J connectivity index is 1.68. The summed E-state index contributed by atoms with van der Waals surface area (Å²) in [4.78, 5) is 25.0. The van der Waals surface area contributed by atoms with Crippen molar-refractivity contribution in [2.75, 3.05) is 18.1 Å². The van der Waals surface area contributed by atoms with Gasteiger partial charge in [0.1, 0.15) is 5.82 Å². The van der Waals surface area contributed by atoms with Gasteiger partial charge < -0.3 is 14.4 Å². The molecule has 0 aromatic heterocycles. The van der Waals surface area contributed by atoms with Crippen LogP contribution in [-0.4, -0.2) is 25.2 Å². The highest BCUT2D eigenvalue weighted by atomic mass is 19.1. The standard InChI is InChI=1S/C32H34FNO4/c1-3-7-31(35)37-23-5-9-25-11-17-28(18-12-25)34(30-21-15-27(33)16-22-30)29-19-13-26(14-20-29)10-6-24-38-32(36)8-4-2/h3-4,7-8,11-22H,5-6,9-10,23-24H2,1-2H3/b7-3+,8-4+. The Labute approximate surface area is 224 Å². The van der Waals surface area contributed by atoms with Gasteiger partial charge in [0.25, 0.3) is 0 Å². The van der Waals surface area contributed by atoms with Gasteiger partial charge in [-0.25, -0.2) is 14.0 Å². The predicted molar refractivity (Wildman–Crippen MR) is 149 cm³/mol. The Morgan fingerprint density at radius 3 is 1.39 bits per heavy atom. The summed E-state index contributed by atoms with van der Waals surface area (Å²) in [6.45, 7) is 4.30. The molecule has 0 bridgehead atoms. The van der Waals surface area contributed by atoms with Crippen LogP contribution in [0.4, 0.5) is 21.5 Å². The molecule has 0 unspecified atom stereocenters. The van der Waals surface area contributed by atoms with E-state index in [4.69, 9.17) is 9.47 Å². The average Bonchev–Trinajstić information content (AvgIpc) is 2.92. The van der Waals surface area contributed by atoms with Crippen LogP contribution in [-0.2, 0) is 31.9 Å². The first kappa shape index (κ1) is 28.4. The van der Waals surface area contributed by atoms with Crippen LogP contribution in [0, 0.1) is 5.82 Å². The second kappa shape index (κ2) is 15.2. The van der Waals surface area contributed by atoms with Gasteiger partial charge in [0.15, 0.2) is 0 Å². The molecule has 6 heteroatoms. The number of halogens is 1. The zero-order valence-corrected chi connectivity index (χ0v) is 21.9. The maximum Gasteiger partial charge on any atom is 0.330 e. The van der Waals surface area contributed by atoms with Crippen molar-refractivity contribution in [3.63, 3.8) is 0 Å². The van der Waals surface area contributed by atoms with Crippen LogP contribution in [0.3, 0.4) is 0 Å². The molecular weight excluding hydrogens is 481 g/mol. The smallest absolute Gasteiger partial charge is 0.330 e. The van der Waals surface area contributed by atoms with E-state index < -0.39 is 0 Å². The van der Waals surface area contributed by atoms with Gasteiger partial charge >= 0.3 is 11.9 Å². The minimum absolute atomic E-state index is 0.287. The van der Waals surface area contributed by atoms with E-state index >= 15 is 0 Å². The van der Waals surface area contributed by atoms with Crippen molar-refractivity contribution in [2.45, 2.75) is 39.5 Å². The van der Waals surface area contributed by atoms with Gasteiger partial charge in [-0.05, 0) is 99.2 Å². The predicted octanol–water partition coefficient (Wildman–Crippen LogP) is 7.40. The fourth-order valence-electron chi connectivity index (χ4n) is 3.93. The molecule has 0 fully saturated rings. The van der Waals surface area contributed by atoms with Crippen molar-refractivity contribution in [1.29, 1.82) is 0 Å². The van der Waals surface area contributed by atoms with Gasteiger partial charge in [-0.1, -0.05) is 36.4 Å². The molecule has 0 N–H and O–H groups in total. The van der Waals surface area contributed by atoms with E-state index in [0.717, 1.165) is 53.9 Å². The van der Waals surface area contributed by atoms with Gasteiger partial charge in [-0.3, -0.25) is 0 Å². The molecule has 0 saturated heterocycles. The summed E-state index contributed by atoms with van der Waals surface area (Å²) in [6.07, 6.45) is 9.20. The Kier molecular flexibility index (Phi) is 11.3. The van der Waals surface area contributed by atoms with Crippen molar-refractivity contribution < 1.29 is 23.5 Å². The number of anilines is 3. The number of carbonyl (C=O) groups is 2. The summed E-state index contributed by atoms with van der Waals surface area (Å²) >= 11 is 0. The second-order valence-electron chi connectivity index (χ2n) is 8.69. The molecule has 0 amide bonds. The number of aryl methyl sites for hydroxylation is 2. The Morgan fingerprint density at radius 1 is 0.658 bits per heavy atom. The zero-order chi connectivity index (χ0) is 27.2. The number of ether oxygens (including phenoxy) is 2. The van der Waals surface area contributed by atoms with E-state index in [0.29, 0.717) is 13.2 Å². The summed E-state index contributed by atoms with van der Waals surface area (Å²) in [5.41, 5.74) is 5.02. The molecule has 0 aliphatic heterocycles. The molecule has 0 atom stereocenters. The summed E-state index contributed by atoms with van der Waals surface area (Å²) in [5.74, 6) is -0.932. The molecule has 0 spiro atoms. The number of benzene rings is 3. The largest absolute Gasteiger partial charge is 0.463 e. The maximum atomic E-state index is 13.7. The van der Waals surface area contributed by atoms with Crippen LogP contribution >= 0.6 is 0 Å². The highest BCUT2D eigenvalue weighted by molar-refractivity contribution is 5.82. The SMILES string of the molecule is C/C=C/C(=O)OCCCc1ccc(N(c2ccc(F)cc2)c2ccc(CCCOC(=O)/C=C/C)cc2)cc1. The number of carbonyl (C=O) groups excluding carboxylic acids is 2. The molecule has 5 nitrogen and oxygen atoms in total. The number of hydrogen-bond acceptors (Lipinski definition) is 5. The monoisotopic (exact) mass is 515 g/mol. The lowest BCUT2D eigenvalue weighted by molar-refractivity contribution is -0.138. The minimum atomic E-state index is -0.323. The molecular formula is C32H34FNO4. The third-order valence-electron chi connectivity index (χ3n) is 5.79. The third-order valence-corrected chi connectivity index (χ3v) is 5.79. The minimum Gasteiger partial charge on any atom is -0.463 e. The normalized spacial score (nSPS) is 11.1. The summed E-state index contributed by atoms with van der Waals surface area (Å²) < 4.78 is 24.0. The van der Waals surface area contributed by atoms with E-state index in [-0.39, 0.29) is 17.8 Å². The lowest BCUT2D eigenvalue weighted by Crippen LogP contribution is -2.10. The van der Waals surface area contributed by atoms with E-state index in [1.54, 1.807) is 38.1 Å². The zero-order valence-electron chi connectivity index (χ0n) is 21.9. The number of nitrogens with zero attached hydrogens (tertiary/aromatic N) is 1. The Bertz CT molecular complexity index is 1140. The van der Waals surface area contributed by atoms with Gasteiger partial charge in [0, 0.05) is 29.2 Å². The van der Waals surface area contributed by atoms with Gasteiger partial charge in [-0.2, -0.15) is 0 Å². The molecule has 0 aliphatic carbocycles. The highest BCUT2D eigenvalue weighted by Crippen LogP contribution is 2.35. The second-order valence-corrected chi connectivity index (χ2v) is 8.69. The van der Waals surface area contributed by atoms with E-state index in [1.165, 1.54) is 24.3 Å². The van der Waals surface area contributed by atoms with E-state index in [2.05, 4.69) is 29.2 Å². The van der Waals surface area contributed by atoms with E-state index in [9.17, 15) is 14.0 Å². The first-order valence-electron chi connectivity index (χ1n) is 12.8. The molecule has 0 saturated carbocycles. The van der Waals surface area contributed by atoms with Crippen LogP contribution in [0.2, 0.25) is 0 Å². The topological polar surface area (TPSA) is 55.8 Å². The number of rotatable bonds is 13. The van der Waals surface area contributed by atoms with Crippen LogP contribution in [0.5, 0.6) is 0 Å². The first-order chi connectivity index (χ1) is 18.5. The van der Waals surface area contributed by atoms with Crippen molar-refractivity contribution in [1.82, 2.24) is 0 Å². The fraction of sp³-hybridized carbons (Fsp3) is 0.250. The molecule has 3 aromatic rings. The third kappa shape index (κ3) is 9.04. The van der Waals surface area contributed by atoms with Gasteiger partial charge in [-0.15, -0.1) is 0 Å². The Hall–Kier alpha value is -4.19. The molecule has 0 aliphatic rings. The molecule has 0 heterocycles. The van der Waals surface area contributed by atoms with Crippen LogP contribution in [0.25, 0.3) is 0 Å². The average molecular weight is 516 g/mol. The molecule has 38 heavy (non-hydrogen) atoms.